The normalized spacial score (nSPS) is 11.2. The first-order valence-electron chi connectivity index (χ1n) is 5.45. The fraction of sp³-hybridized carbons (Fsp3) is 0.556. The van der Waals surface area contributed by atoms with Crippen molar-refractivity contribution in [2.24, 2.45) is 0 Å². The Kier molecular flexibility index (Phi) is 5.29. The highest BCUT2D eigenvalue weighted by Crippen LogP contribution is 2.17. The van der Waals surface area contributed by atoms with Crippen LogP contribution in [0, 0.1) is 0 Å². The molecule has 0 aliphatic heterocycles. The van der Waals surface area contributed by atoms with Crippen molar-refractivity contribution in [3.05, 3.63) is 11.9 Å². The number of nitrogens with one attached hydrogen (secondary N) is 2. The first-order valence-corrected chi connectivity index (χ1v) is 5.45. The molecule has 0 unspecified atom stereocenters. The average molecular weight is 295 g/mol. The molecule has 20 heavy (non-hydrogen) atoms. The molecule has 1 heterocycles. The summed E-state index contributed by atoms with van der Waals surface area (Å²) >= 11 is 0. The fourth-order valence-corrected chi connectivity index (χ4v) is 1.19. The summed E-state index contributed by atoms with van der Waals surface area (Å²) in [4.78, 5) is 21.5. The Morgan fingerprint density at radius 1 is 1.35 bits per heavy atom. The molecule has 11 heteroatoms. The van der Waals surface area contributed by atoms with E-state index < -0.39 is 31.1 Å². The van der Waals surface area contributed by atoms with E-state index in [9.17, 15) is 22.8 Å². The number of nitrogens with zero attached hydrogens (tertiary/aromatic N) is 3. The van der Waals surface area contributed by atoms with Crippen LogP contribution in [-0.2, 0) is 17.9 Å². The molecule has 0 bridgehead atoms. The van der Waals surface area contributed by atoms with Crippen LogP contribution >= 0.6 is 0 Å². The van der Waals surface area contributed by atoms with Crippen LogP contribution in [0.4, 0.5) is 18.0 Å². The molecule has 0 aromatic carbocycles. The van der Waals surface area contributed by atoms with Crippen LogP contribution < -0.4 is 10.6 Å². The Morgan fingerprint density at radius 2 is 2.05 bits per heavy atom. The molecule has 0 aliphatic carbocycles. The minimum absolute atomic E-state index is 0.0720. The van der Waals surface area contributed by atoms with E-state index in [1.165, 1.54) is 6.20 Å². The van der Waals surface area contributed by atoms with Crippen LogP contribution in [0.3, 0.4) is 0 Å². The molecule has 0 fully saturated rings. The molecule has 2 amide bonds. The third-order valence-corrected chi connectivity index (χ3v) is 2.01. The maximum atomic E-state index is 11.8. The van der Waals surface area contributed by atoms with Crippen molar-refractivity contribution in [2.45, 2.75) is 25.7 Å². The van der Waals surface area contributed by atoms with Crippen LogP contribution in [0.5, 0.6) is 0 Å². The lowest BCUT2D eigenvalue weighted by molar-refractivity contribution is -0.138. The highest BCUT2D eigenvalue weighted by Gasteiger charge is 2.26. The Morgan fingerprint density at radius 3 is 2.65 bits per heavy atom. The first kappa shape index (κ1) is 15.7. The predicted octanol–water partition coefficient (Wildman–Crippen LogP) is 0.114. The lowest BCUT2D eigenvalue weighted by Gasteiger charge is -2.08. The number of rotatable bonds is 6. The maximum Gasteiger partial charge on any atom is 0.390 e. The molecule has 0 saturated heterocycles. The van der Waals surface area contributed by atoms with Gasteiger partial charge in [0.1, 0.15) is 12.2 Å². The zero-order chi connectivity index (χ0) is 15.2. The molecule has 8 nitrogen and oxygen atoms in total. The van der Waals surface area contributed by atoms with Crippen molar-refractivity contribution in [3.63, 3.8) is 0 Å². The number of carboxylic acids is 1. The second-order valence-corrected chi connectivity index (χ2v) is 3.78. The van der Waals surface area contributed by atoms with Gasteiger partial charge in [0.25, 0.3) is 0 Å². The van der Waals surface area contributed by atoms with Gasteiger partial charge < -0.3 is 15.7 Å². The molecule has 1 aromatic rings. The summed E-state index contributed by atoms with van der Waals surface area (Å²) in [6, 6.07) is -0.776. The van der Waals surface area contributed by atoms with Gasteiger partial charge in [0.05, 0.1) is 19.2 Å². The SMILES string of the molecule is O=C(O)Cn1cc(CNC(=O)NCCC(F)(F)F)nn1. The van der Waals surface area contributed by atoms with E-state index >= 15 is 0 Å². The smallest absolute Gasteiger partial charge is 0.390 e. The van der Waals surface area contributed by atoms with Crippen molar-refractivity contribution < 1.29 is 27.9 Å². The van der Waals surface area contributed by atoms with Crippen molar-refractivity contribution in [3.8, 4) is 0 Å². The van der Waals surface area contributed by atoms with Crippen molar-refractivity contribution in [2.75, 3.05) is 6.54 Å². The van der Waals surface area contributed by atoms with E-state index in [0.717, 1.165) is 4.68 Å². The number of urea groups is 1. The lowest BCUT2D eigenvalue weighted by atomic mass is 10.4. The van der Waals surface area contributed by atoms with E-state index in [1.54, 1.807) is 0 Å². The predicted molar refractivity (Wildman–Crippen MR) is 58.6 cm³/mol. The topological polar surface area (TPSA) is 109 Å². The zero-order valence-corrected chi connectivity index (χ0v) is 10.1. The molecule has 0 spiro atoms. The van der Waals surface area contributed by atoms with E-state index in [2.05, 4.69) is 15.6 Å². The summed E-state index contributed by atoms with van der Waals surface area (Å²) < 4.78 is 36.5. The summed E-state index contributed by atoms with van der Waals surface area (Å²) in [6.07, 6.45) is -4.13. The van der Waals surface area contributed by atoms with Crippen LogP contribution in [0.25, 0.3) is 0 Å². The van der Waals surface area contributed by atoms with Gasteiger partial charge in [0, 0.05) is 6.54 Å². The second kappa shape index (κ2) is 6.73. The number of carboxylic acid groups (broad SMARTS) is 1. The van der Waals surface area contributed by atoms with Gasteiger partial charge in [-0.2, -0.15) is 13.2 Å². The first-order chi connectivity index (χ1) is 9.26. The van der Waals surface area contributed by atoms with Gasteiger partial charge in [0.2, 0.25) is 0 Å². The third kappa shape index (κ3) is 6.56. The minimum Gasteiger partial charge on any atom is -0.480 e. The molecular formula is C9H12F3N5O3. The Labute approximate surface area is 110 Å². The van der Waals surface area contributed by atoms with E-state index in [-0.39, 0.29) is 18.8 Å². The summed E-state index contributed by atoms with van der Waals surface area (Å²) in [5.41, 5.74) is 0.289. The summed E-state index contributed by atoms with van der Waals surface area (Å²) in [5.74, 6) is -1.10. The average Bonchev–Trinajstić information content (AvgIpc) is 2.71. The Bertz CT molecular complexity index is 474. The highest BCUT2D eigenvalue weighted by molar-refractivity contribution is 5.73. The second-order valence-electron chi connectivity index (χ2n) is 3.78. The van der Waals surface area contributed by atoms with Crippen LogP contribution in [0.15, 0.2) is 6.20 Å². The lowest BCUT2D eigenvalue weighted by Crippen LogP contribution is -2.37. The number of aromatic nitrogens is 3. The van der Waals surface area contributed by atoms with Crippen LogP contribution in [-0.4, -0.2) is 44.8 Å². The van der Waals surface area contributed by atoms with E-state index in [0.29, 0.717) is 0 Å². The number of aliphatic carboxylic acids is 1. The molecule has 1 rings (SSSR count). The highest BCUT2D eigenvalue weighted by atomic mass is 19.4. The number of carbonyl (C=O) groups is 2. The molecule has 112 valence electrons. The molecule has 1 aromatic heterocycles. The van der Waals surface area contributed by atoms with Gasteiger partial charge in [-0.1, -0.05) is 5.21 Å². The van der Waals surface area contributed by atoms with Gasteiger partial charge in [-0.25, -0.2) is 9.48 Å². The standard InChI is InChI=1S/C9H12F3N5O3/c10-9(11,12)1-2-13-8(20)14-3-6-4-17(16-15-6)5-7(18)19/h4H,1-3,5H2,(H,18,19)(H2,13,14,20). The quantitative estimate of drug-likeness (QED) is 0.690. The fourth-order valence-electron chi connectivity index (χ4n) is 1.19. The summed E-state index contributed by atoms with van der Waals surface area (Å²) in [6.45, 7) is -0.969. The number of hydrogen-bond acceptors (Lipinski definition) is 4. The van der Waals surface area contributed by atoms with Crippen LogP contribution in [0.2, 0.25) is 0 Å². The summed E-state index contributed by atoms with van der Waals surface area (Å²) in [7, 11) is 0. The zero-order valence-electron chi connectivity index (χ0n) is 10.1. The maximum absolute atomic E-state index is 11.8. The van der Waals surface area contributed by atoms with E-state index in [4.69, 9.17) is 5.11 Å². The van der Waals surface area contributed by atoms with Crippen molar-refractivity contribution in [1.29, 1.82) is 0 Å². The molecule has 0 atom stereocenters. The molecule has 0 saturated carbocycles. The minimum atomic E-state index is -4.33. The Balaban J connectivity index is 2.27. The number of amides is 2. The molecule has 3 N–H and O–H groups in total. The van der Waals surface area contributed by atoms with Gasteiger partial charge in [-0.15, -0.1) is 5.10 Å². The molecule has 0 radical (unpaired) electrons. The number of hydrogen-bond donors (Lipinski definition) is 3. The van der Waals surface area contributed by atoms with Gasteiger partial charge >= 0.3 is 18.2 Å². The monoisotopic (exact) mass is 295 g/mol. The largest absolute Gasteiger partial charge is 0.480 e. The van der Waals surface area contributed by atoms with E-state index in [1.807, 2.05) is 5.32 Å². The van der Waals surface area contributed by atoms with Crippen LogP contribution in [0.1, 0.15) is 12.1 Å². The number of halogens is 3. The number of alkyl halides is 3. The van der Waals surface area contributed by atoms with Crippen molar-refractivity contribution >= 4 is 12.0 Å². The number of carbonyl (C=O) groups excluding carboxylic acids is 1. The molecule has 0 aliphatic rings. The third-order valence-electron chi connectivity index (χ3n) is 2.01. The van der Waals surface area contributed by atoms with Gasteiger partial charge in [-0.05, 0) is 0 Å². The van der Waals surface area contributed by atoms with Crippen molar-refractivity contribution in [1.82, 2.24) is 25.6 Å². The molecular weight excluding hydrogens is 283 g/mol. The Hall–Kier alpha value is -2.33. The summed E-state index contributed by atoms with van der Waals surface area (Å²) in [5, 5.41) is 19.9. The van der Waals surface area contributed by atoms with Gasteiger partial charge in [-0.3, -0.25) is 4.79 Å². The van der Waals surface area contributed by atoms with Gasteiger partial charge in [0.15, 0.2) is 0 Å².